The maximum absolute atomic E-state index is 13.1. The number of esters is 1. The number of methoxy groups -OCH3 is 3. The van der Waals surface area contributed by atoms with Crippen molar-refractivity contribution in [2.45, 2.75) is 4.90 Å². The molecule has 0 heterocycles. The molecule has 2 aromatic rings. The highest BCUT2D eigenvalue weighted by Crippen LogP contribution is 2.37. The Balaban J connectivity index is 2.32. The van der Waals surface area contributed by atoms with Crippen LogP contribution >= 0.6 is 0 Å². The van der Waals surface area contributed by atoms with Gasteiger partial charge in [0.05, 0.1) is 21.3 Å². The first-order valence-corrected chi connectivity index (χ1v) is 11.1. The molecule has 11 heteroatoms. The van der Waals surface area contributed by atoms with Gasteiger partial charge in [0, 0.05) is 25.9 Å². The molecule has 0 aliphatic heterocycles. The van der Waals surface area contributed by atoms with E-state index in [4.69, 9.17) is 14.2 Å². The molecule has 0 spiro atoms. The van der Waals surface area contributed by atoms with E-state index < -0.39 is 16.0 Å². The van der Waals surface area contributed by atoms with Crippen molar-refractivity contribution in [3.05, 3.63) is 48.0 Å². The number of hydrogen-bond acceptors (Lipinski definition) is 8. The summed E-state index contributed by atoms with van der Waals surface area (Å²) in [5.41, 5.74) is 0.644. The van der Waals surface area contributed by atoms with Crippen molar-refractivity contribution in [2.24, 2.45) is 0 Å². The summed E-state index contributed by atoms with van der Waals surface area (Å²) in [6.07, 6.45) is 2.55. The quantitative estimate of drug-likeness (QED) is 0.407. The average molecular weight is 479 g/mol. The molecule has 1 N–H and O–H groups in total. The minimum atomic E-state index is -4.11. The molecule has 0 aliphatic rings. The summed E-state index contributed by atoms with van der Waals surface area (Å²) in [6.45, 7) is -0.138. The zero-order chi connectivity index (χ0) is 24.6. The molecule has 2 aromatic carbocycles. The largest absolute Gasteiger partial charge is 0.493 e. The second kappa shape index (κ2) is 11.2. The van der Waals surface area contributed by atoms with Crippen LogP contribution in [-0.4, -0.2) is 67.2 Å². The van der Waals surface area contributed by atoms with E-state index in [0.29, 0.717) is 11.3 Å². The molecule has 0 radical (unpaired) electrons. The molecule has 0 unspecified atom stereocenters. The molecule has 33 heavy (non-hydrogen) atoms. The smallest absolute Gasteiger partial charge is 0.330 e. The van der Waals surface area contributed by atoms with E-state index in [0.717, 1.165) is 6.08 Å². The maximum Gasteiger partial charge on any atom is 0.330 e. The molecule has 0 atom stereocenters. The Morgan fingerprint density at radius 3 is 2.24 bits per heavy atom. The Labute approximate surface area is 192 Å². The highest BCUT2D eigenvalue weighted by atomic mass is 32.2. The molecule has 2 rings (SSSR count). The Morgan fingerprint density at radius 1 is 1.03 bits per heavy atom. The first-order chi connectivity index (χ1) is 15.6. The normalized spacial score (nSPS) is 11.1. The molecule has 10 nitrogen and oxygen atoms in total. The number of ether oxygens (including phenoxy) is 4. The second-order valence-electron chi connectivity index (χ2n) is 6.82. The minimum absolute atomic E-state index is 0.00219. The van der Waals surface area contributed by atoms with Crippen LogP contribution in [0.15, 0.2) is 47.4 Å². The average Bonchev–Trinajstić information content (AvgIpc) is 2.80. The Kier molecular flexibility index (Phi) is 8.69. The molecule has 0 saturated carbocycles. The van der Waals surface area contributed by atoms with Gasteiger partial charge in [0.15, 0.2) is 18.1 Å². The number of anilines is 1. The molecular weight excluding hydrogens is 452 g/mol. The number of benzene rings is 2. The molecule has 0 aliphatic carbocycles. The number of rotatable bonds is 10. The fourth-order valence-electron chi connectivity index (χ4n) is 2.58. The first kappa shape index (κ1) is 25.5. The number of amides is 1. The van der Waals surface area contributed by atoms with Crippen LogP contribution in [-0.2, 0) is 24.3 Å². The molecule has 0 aromatic heterocycles. The fourth-order valence-corrected chi connectivity index (χ4v) is 3.86. The van der Waals surface area contributed by atoms with Crippen molar-refractivity contribution in [3.8, 4) is 17.2 Å². The zero-order valence-electron chi connectivity index (χ0n) is 18.9. The van der Waals surface area contributed by atoms with Crippen LogP contribution in [0, 0.1) is 0 Å². The molecule has 0 fully saturated rings. The topological polar surface area (TPSA) is 120 Å². The second-order valence-corrected chi connectivity index (χ2v) is 8.47. The van der Waals surface area contributed by atoms with Gasteiger partial charge >= 0.3 is 5.97 Å². The third kappa shape index (κ3) is 6.88. The molecule has 178 valence electrons. The minimum Gasteiger partial charge on any atom is -0.493 e. The highest BCUT2D eigenvalue weighted by molar-refractivity contribution is 7.92. The van der Waals surface area contributed by atoms with E-state index in [1.54, 1.807) is 14.1 Å². The lowest BCUT2D eigenvalue weighted by molar-refractivity contribution is -0.134. The van der Waals surface area contributed by atoms with Gasteiger partial charge in [-0.2, -0.15) is 0 Å². The van der Waals surface area contributed by atoms with Crippen molar-refractivity contribution in [1.29, 1.82) is 0 Å². The molecule has 0 bridgehead atoms. The number of hydrogen-bond donors (Lipinski definition) is 1. The Hall–Kier alpha value is -3.73. The van der Waals surface area contributed by atoms with E-state index in [2.05, 4.69) is 9.46 Å². The summed E-state index contributed by atoms with van der Waals surface area (Å²) in [5.74, 6) is -0.229. The summed E-state index contributed by atoms with van der Waals surface area (Å²) in [7, 11) is 3.05. The standard InChI is InChI=1S/C22H26N2O8S/c1-24(2)20(25)14-32-17-9-7-16(8-10-17)23-33(27,28)19-13-15(6-11-21(26)30-4)12-18(29-3)22(19)31-5/h6-13,23H,14H2,1-5H3/b11-6+. The van der Waals surface area contributed by atoms with Gasteiger partial charge in [-0.15, -0.1) is 0 Å². The predicted octanol–water partition coefficient (Wildman–Crippen LogP) is 2.16. The number of sulfonamides is 1. The van der Waals surface area contributed by atoms with Crippen LogP contribution in [0.1, 0.15) is 5.56 Å². The summed E-state index contributed by atoms with van der Waals surface area (Å²) in [5, 5.41) is 0. The van der Waals surface area contributed by atoms with Crippen molar-refractivity contribution in [2.75, 3.05) is 46.8 Å². The number of carbonyl (C=O) groups is 2. The summed E-state index contributed by atoms with van der Waals surface area (Å²) >= 11 is 0. The SMILES string of the molecule is COC(=O)/C=C/c1cc(OC)c(OC)c(S(=O)(=O)Nc2ccc(OCC(=O)N(C)C)cc2)c1. The zero-order valence-corrected chi connectivity index (χ0v) is 19.8. The van der Waals surface area contributed by atoms with Crippen LogP contribution in [0.3, 0.4) is 0 Å². The molecular formula is C22H26N2O8S. The Morgan fingerprint density at radius 2 is 1.70 bits per heavy atom. The van der Waals surface area contributed by atoms with Gasteiger partial charge in [-0.1, -0.05) is 0 Å². The van der Waals surface area contributed by atoms with Gasteiger partial charge in [0.1, 0.15) is 10.6 Å². The van der Waals surface area contributed by atoms with E-state index in [-0.39, 0.29) is 34.6 Å². The monoisotopic (exact) mass is 478 g/mol. The third-order valence-electron chi connectivity index (χ3n) is 4.34. The third-order valence-corrected chi connectivity index (χ3v) is 5.72. The Bertz CT molecular complexity index is 1130. The number of nitrogens with zero attached hydrogens (tertiary/aromatic N) is 1. The highest BCUT2D eigenvalue weighted by Gasteiger charge is 2.24. The van der Waals surface area contributed by atoms with Crippen LogP contribution in [0.4, 0.5) is 5.69 Å². The summed E-state index contributed by atoms with van der Waals surface area (Å²) in [6, 6.07) is 8.93. The van der Waals surface area contributed by atoms with E-state index in [1.807, 2.05) is 0 Å². The number of likely N-dealkylation sites (N-methyl/N-ethyl adjacent to an activating group) is 1. The van der Waals surface area contributed by atoms with Crippen LogP contribution in [0.5, 0.6) is 17.2 Å². The van der Waals surface area contributed by atoms with Gasteiger partial charge in [0.2, 0.25) is 0 Å². The lowest BCUT2D eigenvalue weighted by atomic mass is 10.2. The van der Waals surface area contributed by atoms with Crippen LogP contribution in [0.2, 0.25) is 0 Å². The van der Waals surface area contributed by atoms with Gasteiger partial charge in [0.25, 0.3) is 15.9 Å². The van der Waals surface area contributed by atoms with Crippen molar-refractivity contribution < 1.29 is 37.0 Å². The maximum atomic E-state index is 13.1. The predicted molar refractivity (Wildman–Crippen MR) is 122 cm³/mol. The van der Waals surface area contributed by atoms with Crippen molar-refractivity contribution in [3.63, 3.8) is 0 Å². The van der Waals surface area contributed by atoms with Gasteiger partial charge in [-0.25, -0.2) is 13.2 Å². The van der Waals surface area contributed by atoms with Gasteiger partial charge in [-0.05, 0) is 48.0 Å². The summed E-state index contributed by atoms with van der Waals surface area (Å²) < 4.78 is 49.2. The van der Waals surface area contributed by atoms with Crippen molar-refractivity contribution in [1.82, 2.24) is 4.90 Å². The van der Waals surface area contributed by atoms with E-state index >= 15 is 0 Å². The lowest BCUT2D eigenvalue weighted by Crippen LogP contribution is -2.27. The molecule has 0 saturated heterocycles. The first-order valence-electron chi connectivity index (χ1n) is 9.59. The summed E-state index contributed by atoms with van der Waals surface area (Å²) in [4.78, 5) is 24.2. The van der Waals surface area contributed by atoms with E-state index in [9.17, 15) is 18.0 Å². The van der Waals surface area contributed by atoms with Gasteiger partial charge in [-0.3, -0.25) is 9.52 Å². The van der Waals surface area contributed by atoms with Crippen LogP contribution in [0.25, 0.3) is 6.08 Å². The number of carbonyl (C=O) groups excluding carboxylic acids is 2. The molecule has 1 amide bonds. The lowest BCUT2D eigenvalue weighted by Gasteiger charge is -2.16. The van der Waals surface area contributed by atoms with Gasteiger partial charge < -0.3 is 23.8 Å². The van der Waals surface area contributed by atoms with Crippen molar-refractivity contribution >= 4 is 33.7 Å². The fraction of sp³-hybridized carbons (Fsp3) is 0.273. The van der Waals surface area contributed by atoms with Crippen LogP contribution < -0.4 is 18.9 Å². The number of nitrogens with one attached hydrogen (secondary N) is 1. The van der Waals surface area contributed by atoms with E-state index in [1.165, 1.54) is 68.7 Å².